The molecule has 0 aromatic carbocycles. The average molecular weight is 183 g/mol. The van der Waals surface area contributed by atoms with Crippen LogP contribution in [0.25, 0.3) is 0 Å². The summed E-state index contributed by atoms with van der Waals surface area (Å²) in [7, 11) is 0. The van der Waals surface area contributed by atoms with E-state index in [1.165, 1.54) is 25.9 Å². The van der Waals surface area contributed by atoms with Crippen molar-refractivity contribution in [3.05, 3.63) is 12.8 Å². The van der Waals surface area contributed by atoms with Gasteiger partial charge in [0.05, 0.1) is 0 Å². The smallest absolute Gasteiger partial charge is 0.0203 e. The molecule has 0 radical (unpaired) electrons. The van der Waals surface area contributed by atoms with E-state index in [9.17, 15) is 0 Å². The van der Waals surface area contributed by atoms with Crippen molar-refractivity contribution in [3.63, 3.8) is 0 Å². The molecule has 1 heteroatoms. The lowest BCUT2D eigenvalue weighted by Crippen LogP contribution is -2.33. The fourth-order valence-corrected chi connectivity index (χ4v) is 1.75. The molecule has 1 aliphatic heterocycles. The van der Waals surface area contributed by atoms with Crippen molar-refractivity contribution in [3.8, 4) is 0 Å². The largest absolute Gasteiger partial charge is 0.378 e. The summed E-state index contributed by atoms with van der Waals surface area (Å²) in [5.41, 5.74) is 0. The van der Waals surface area contributed by atoms with Gasteiger partial charge in [0.25, 0.3) is 0 Å². The van der Waals surface area contributed by atoms with Crippen LogP contribution in [0.2, 0.25) is 0 Å². The minimum Gasteiger partial charge on any atom is -0.378 e. The quantitative estimate of drug-likeness (QED) is 0.633. The highest BCUT2D eigenvalue weighted by atomic mass is 15.1. The van der Waals surface area contributed by atoms with Gasteiger partial charge in [0, 0.05) is 13.1 Å². The fraction of sp³-hybridized carbons (Fsp3) is 0.833. The molecule has 0 aromatic rings. The van der Waals surface area contributed by atoms with Crippen LogP contribution in [-0.2, 0) is 0 Å². The molecule has 1 atom stereocenters. The van der Waals surface area contributed by atoms with Gasteiger partial charge in [-0.25, -0.2) is 0 Å². The highest BCUT2D eigenvalue weighted by Crippen LogP contribution is 2.23. The molecule has 0 bridgehead atoms. The molecule has 0 spiro atoms. The van der Waals surface area contributed by atoms with Gasteiger partial charge >= 0.3 is 0 Å². The number of hydrogen-bond donors (Lipinski definition) is 0. The normalized spacial score (nSPS) is 22.2. The minimum atomic E-state index is 0.831. The molecule has 0 aromatic heterocycles. The highest BCUT2D eigenvalue weighted by Gasteiger charge is 2.19. The molecule has 0 aliphatic carbocycles. The minimum absolute atomic E-state index is 0.831. The van der Waals surface area contributed by atoms with Gasteiger partial charge in [-0.15, -0.1) is 0 Å². The van der Waals surface area contributed by atoms with Crippen LogP contribution < -0.4 is 0 Å². The Bertz CT molecular complexity index is 129. The van der Waals surface area contributed by atoms with E-state index < -0.39 is 0 Å². The van der Waals surface area contributed by atoms with Crippen molar-refractivity contribution >= 4 is 0 Å². The van der Waals surface area contributed by atoms with Crippen molar-refractivity contribution in [2.75, 3.05) is 13.1 Å². The molecule has 0 amide bonds. The van der Waals surface area contributed by atoms with Crippen molar-refractivity contribution in [2.45, 2.75) is 40.5 Å². The Morgan fingerprint density at radius 3 is 2.46 bits per heavy atom. The van der Waals surface area contributed by atoms with Gasteiger partial charge in [0.15, 0.2) is 0 Å². The number of nitrogens with zero attached hydrogens (tertiary/aromatic N) is 1. The van der Waals surface area contributed by atoms with Crippen LogP contribution in [0.3, 0.4) is 0 Å². The molecule has 1 saturated heterocycles. The second-order valence-electron chi connectivity index (χ2n) is 3.82. The zero-order valence-corrected chi connectivity index (χ0v) is 9.71. The second kappa shape index (κ2) is 6.99. The average Bonchev–Trinajstić information content (AvgIpc) is 2.21. The maximum Gasteiger partial charge on any atom is 0.0203 e. The SMILES string of the molecule is C=CN1CCCC(C(C)C)C1.CC. The first-order chi connectivity index (χ1) is 6.24. The third-order valence-corrected chi connectivity index (χ3v) is 2.69. The van der Waals surface area contributed by atoms with Crippen LogP contribution in [0.15, 0.2) is 12.8 Å². The van der Waals surface area contributed by atoms with Crippen LogP contribution in [0, 0.1) is 11.8 Å². The van der Waals surface area contributed by atoms with Gasteiger partial charge in [-0.3, -0.25) is 0 Å². The summed E-state index contributed by atoms with van der Waals surface area (Å²) < 4.78 is 0. The summed E-state index contributed by atoms with van der Waals surface area (Å²) in [6, 6.07) is 0. The van der Waals surface area contributed by atoms with E-state index in [0.717, 1.165) is 11.8 Å². The molecule has 1 aliphatic rings. The lowest BCUT2D eigenvalue weighted by Gasteiger charge is -2.33. The molecule has 78 valence electrons. The van der Waals surface area contributed by atoms with E-state index >= 15 is 0 Å². The van der Waals surface area contributed by atoms with Gasteiger partial charge in [-0.05, 0) is 30.9 Å². The lowest BCUT2D eigenvalue weighted by molar-refractivity contribution is 0.193. The standard InChI is InChI=1S/C10H19N.C2H6/c1-4-11-7-5-6-10(8-11)9(2)3;1-2/h4,9-10H,1,5-8H2,2-3H3;1-2H3. The lowest BCUT2D eigenvalue weighted by atomic mass is 9.88. The van der Waals surface area contributed by atoms with E-state index in [-0.39, 0.29) is 0 Å². The molecule has 1 fully saturated rings. The Hall–Kier alpha value is -0.460. The van der Waals surface area contributed by atoms with Crippen LogP contribution in [0.1, 0.15) is 40.5 Å². The van der Waals surface area contributed by atoms with Crippen molar-refractivity contribution in [1.82, 2.24) is 4.90 Å². The topological polar surface area (TPSA) is 3.24 Å². The molecule has 1 nitrogen and oxygen atoms in total. The molecule has 0 saturated carbocycles. The highest BCUT2D eigenvalue weighted by molar-refractivity contribution is 4.80. The predicted octanol–water partition coefficient (Wildman–Crippen LogP) is 3.52. The first-order valence-corrected chi connectivity index (χ1v) is 5.60. The Morgan fingerprint density at radius 2 is 2.00 bits per heavy atom. The Kier molecular flexibility index (Phi) is 6.75. The summed E-state index contributed by atoms with van der Waals surface area (Å²) in [4.78, 5) is 2.34. The Balaban J connectivity index is 0.000000671. The number of piperidine rings is 1. The molecule has 13 heavy (non-hydrogen) atoms. The predicted molar refractivity (Wildman–Crippen MR) is 60.7 cm³/mol. The fourth-order valence-electron chi connectivity index (χ4n) is 1.75. The van der Waals surface area contributed by atoms with Gasteiger partial charge < -0.3 is 4.90 Å². The van der Waals surface area contributed by atoms with Crippen LogP contribution in [0.5, 0.6) is 0 Å². The van der Waals surface area contributed by atoms with Crippen molar-refractivity contribution in [1.29, 1.82) is 0 Å². The van der Waals surface area contributed by atoms with E-state index in [1.54, 1.807) is 0 Å². The van der Waals surface area contributed by atoms with Gasteiger partial charge in [0.2, 0.25) is 0 Å². The molecule has 1 unspecified atom stereocenters. The van der Waals surface area contributed by atoms with E-state index in [4.69, 9.17) is 0 Å². The molecule has 1 heterocycles. The summed E-state index contributed by atoms with van der Waals surface area (Å²) in [6.45, 7) is 14.9. The summed E-state index contributed by atoms with van der Waals surface area (Å²) in [6.07, 6.45) is 4.73. The van der Waals surface area contributed by atoms with Gasteiger partial charge in [0.1, 0.15) is 0 Å². The maximum atomic E-state index is 3.80. The third-order valence-electron chi connectivity index (χ3n) is 2.69. The van der Waals surface area contributed by atoms with Crippen molar-refractivity contribution in [2.24, 2.45) is 11.8 Å². The molecule has 0 N–H and O–H groups in total. The van der Waals surface area contributed by atoms with E-state index in [0.29, 0.717) is 0 Å². The zero-order valence-electron chi connectivity index (χ0n) is 9.71. The zero-order chi connectivity index (χ0) is 10.3. The first kappa shape index (κ1) is 12.5. The van der Waals surface area contributed by atoms with Gasteiger partial charge in [-0.2, -0.15) is 0 Å². The monoisotopic (exact) mass is 183 g/mol. The van der Waals surface area contributed by atoms with Crippen LogP contribution in [0.4, 0.5) is 0 Å². The molecular weight excluding hydrogens is 158 g/mol. The second-order valence-corrected chi connectivity index (χ2v) is 3.82. The van der Waals surface area contributed by atoms with Gasteiger partial charge in [-0.1, -0.05) is 34.3 Å². The van der Waals surface area contributed by atoms with Crippen molar-refractivity contribution < 1.29 is 0 Å². The molecule has 1 rings (SSSR count). The van der Waals surface area contributed by atoms with Crippen LogP contribution >= 0.6 is 0 Å². The third kappa shape index (κ3) is 4.35. The Morgan fingerprint density at radius 1 is 1.38 bits per heavy atom. The summed E-state index contributed by atoms with van der Waals surface area (Å²) in [5.74, 6) is 1.72. The summed E-state index contributed by atoms with van der Waals surface area (Å²) >= 11 is 0. The Labute approximate surface area is 83.8 Å². The van der Waals surface area contributed by atoms with E-state index in [2.05, 4.69) is 25.3 Å². The first-order valence-electron chi connectivity index (χ1n) is 5.60. The number of hydrogen-bond acceptors (Lipinski definition) is 1. The number of likely N-dealkylation sites (tertiary alicyclic amines) is 1. The summed E-state index contributed by atoms with van der Waals surface area (Å²) in [5, 5.41) is 0. The number of rotatable bonds is 2. The maximum absolute atomic E-state index is 3.80. The van der Waals surface area contributed by atoms with Crippen LogP contribution in [-0.4, -0.2) is 18.0 Å². The molecular formula is C12H25N. The van der Waals surface area contributed by atoms with E-state index in [1.807, 2.05) is 20.0 Å².